The molecule has 3 nitrogen and oxygen atoms in total. The lowest BCUT2D eigenvalue weighted by atomic mass is 10.6. The van der Waals surface area contributed by atoms with Crippen molar-refractivity contribution in [3.63, 3.8) is 0 Å². The Labute approximate surface area is 72.6 Å². The average molecular weight is 183 g/mol. The molecule has 0 saturated carbocycles. The van der Waals surface area contributed by atoms with Gasteiger partial charge in [0.05, 0.1) is 6.20 Å². The molecule has 0 aromatic carbocycles. The molecule has 0 N–H and O–H groups in total. The minimum absolute atomic E-state index is 0.851. The SMILES string of the molecule is SSc1cn2ncccc2n1. The molecular weight excluding hydrogens is 178 g/mol. The summed E-state index contributed by atoms with van der Waals surface area (Å²) in [5.41, 5.74) is 0.851. The highest BCUT2D eigenvalue weighted by atomic mass is 33.1. The Morgan fingerprint density at radius 1 is 1.55 bits per heavy atom. The van der Waals surface area contributed by atoms with Crippen LogP contribution in [0.4, 0.5) is 0 Å². The van der Waals surface area contributed by atoms with Crippen LogP contribution in [0, 0.1) is 0 Å². The Morgan fingerprint density at radius 2 is 2.45 bits per heavy atom. The minimum atomic E-state index is 0.851. The number of rotatable bonds is 1. The third-order valence-corrected chi connectivity index (χ3v) is 2.25. The monoisotopic (exact) mass is 183 g/mol. The Kier molecular flexibility index (Phi) is 1.75. The van der Waals surface area contributed by atoms with Crippen molar-refractivity contribution in [1.82, 2.24) is 14.6 Å². The largest absolute Gasteiger partial charge is 0.220 e. The Bertz CT molecular complexity index is 338. The molecule has 56 valence electrons. The number of aromatic nitrogens is 3. The lowest BCUT2D eigenvalue weighted by Crippen LogP contribution is -1.85. The molecule has 0 spiro atoms. The van der Waals surface area contributed by atoms with Gasteiger partial charge in [-0.25, -0.2) is 9.50 Å². The van der Waals surface area contributed by atoms with Crippen LogP contribution in [0.3, 0.4) is 0 Å². The standard InChI is InChI=1S/C6H5N3S2/c10-11-6-4-9-5(8-6)2-1-3-7-9/h1-4,10H. The zero-order chi connectivity index (χ0) is 7.68. The van der Waals surface area contributed by atoms with Crippen LogP contribution < -0.4 is 0 Å². The number of hydrogen-bond donors (Lipinski definition) is 1. The predicted octanol–water partition coefficient (Wildman–Crippen LogP) is 1.67. The highest BCUT2D eigenvalue weighted by Gasteiger charge is 1.98. The lowest BCUT2D eigenvalue weighted by Gasteiger charge is -1.85. The molecule has 2 aromatic heterocycles. The van der Waals surface area contributed by atoms with Gasteiger partial charge in [0, 0.05) is 6.20 Å². The molecule has 5 heteroatoms. The summed E-state index contributed by atoms with van der Waals surface area (Å²) in [6, 6.07) is 3.76. The normalized spacial score (nSPS) is 10.6. The topological polar surface area (TPSA) is 30.2 Å². The fourth-order valence-corrected chi connectivity index (χ4v) is 1.40. The number of imidazole rings is 1. The maximum absolute atomic E-state index is 4.22. The average Bonchev–Trinajstić information content (AvgIpc) is 2.46. The fraction of sp³-hybridized carbons (Fsp3) is 0. The van der Waals surface area contributed by atoms with Gasteiger partial charge >= 0.3 is 0 Å². The third kappa shape index (κ3) is 1.21. The second-order valence-corrected chi connectivity index (χ2v) is 3.15. The number of nitrogens with zero attached hydrogens (tertiary/aromatic N) is 3. The van der Waals surface area contributed by atoms with Crippen molar-refractivity contribution in [1.29, 1.82) is 0 Å². The summed E-state index contributed by atoms with van der Waals surface area (Å²) in [6.07, 6.45) is 3.56. The van der Waals surface area contributed by atoms with Crippen molar-refractivity contribution < 1.29 is 0 Å². The smallest absolute Gasteiger partial charge is 0.154 e. The summed E-state index contributed by atoms with van der Waals surface area (Å²) in [4.78, 5) is 4.22. The molecule has 2 rings (SSSR count). The molecule has 0 atom stereocenters. The zero-order valence-corrected chi connectivity index (χ0v) is 7.22. The molecule has 11 heavy (non-hydrogen) atoms. The Hall–Kier alpha value is -0.680. The van der Waals surface area contributed by atoms with E-state index in [-0.39, 0.29) is 0 Å². The van der Waals surface area contributed by atoms with E-state index in [2.05, 4.69) is 21.7 Å². The number of fused-ring (bicyclic) bond motifs is 1. The van der Waals surface area contributed by atoms with Gasteiger partial charge in [0.1, 0.15) is 5.03 Å². The van der Waals surface area contributed by atoms with Crippen molar-refractivity contribution in [3.8, 4) is 0 Å². The second kappa shape index (κ2) is 2.75. The molecular formula is C6H5N3S2. The molecule has 0 amide bonds. The molecule has 0 aliphatic carbocycles. The van der Waals surface area contributed by atoms with Crippen LogP contribution >= 0.6 is 22.5 Å². The first kappa shape index (κ1) is 7.00. The number of thiol groups is 1. The molecule has 0 aliphatic heterocycles. The first-order valence-corrected chi connectivity index (χ1v) is 4.89. The van der Waals surface area contributed by atoms with Gasteiger partial charge in [-0.3, -0.25) is 0 Å². The summed E-state index contributed by atoms with van der Waals surface area (Å²) in [5.74, 6) is 0. The summed E-state index contributed by atoms with van der Waals surface area (Å²) in [6.45, 7) is 0. The van der Waals surface area contributed by atoms with Crippen LogP contribution in [0.1, 0.15) is 0 Å². The van der Waals surface area contributed by atoms with Crippen LogP contribution in [-0.4, -0.2) is 14.6 Å². The van der Waals surface area contributed by atoms with E-state index in [0.717, 1.165) is 10.7 Å². The Morgan fingerprint density at radius 3 is 3.18 bits per heavy atom. The van der Waals surface area contributed by atoms with E-state index in [1.807, 2.05) is 18.3 Å². The van der Waals surface area contributed by atoms with Gasteiger partial charge in [-0.1, -0.05) is 0 Å². The predicted molar refractivity (Wildman–Crippen MR) is 47.8 cm³/mol. The van der Waals surface area contributed by atoms with E-state index in [9.17, 15) is 0 Å². The van der Waals surface area contributed by atoms with E-state index >= 15 is 0 Å². The molecule has 0 radical (unpaired) electrons. The van der Waals surface area contributed by atoms with Crippen LogP contribution in [0.25, 0.3) is 5.65 Å². The van der Waals surface area contributed by atoms with E-state index in [0.29, 0.717) is 0 Å². The molecule has 0 bridgehead atoms. The second-order valence-electron chi connectivity index (χ2n) is 2.00. The quantitative estimate of drug-likeness (QED) is 0.539. The molecule has 0 aliphatic rings. The van der Waals surface area contributed by atoms with Gasteiger partial charge in [-0.15, -0.1) is 11.7 Å². The van der Waals surface area contributed by atoms with Crippen molar-refractivity contribution in [3.05, 3.63) is 24.5 Å². The van der Waals surface area contributed by atoms with Crippen LogP contribution in [-0.2, 0) is 0 Å². The maximum atomic E-state index is 4.22. The molecule has 0 fully saturated rings. The number of hydrogen-bond acceptors (Lipinski definition) is 4. The van der Waals surface area contributed by atoms with E-state index < -0.39 is 0 Å². The first-order chi connectivity index (χ1) is 5.40. The first-order valence-electron chi connectivity index (χ1n) is 3.02. The maximum Gasteiger partial charge on any atom is 0.154 e. The van der Waals surface area contributed by atoms with Crippen LogP contribution in [0.5, 0.6) is 0 Å². The minimum Gasteiger partial charge on any atom is -0.220 e. The van der Waals surface area contributed by atoms with Gasteiger partial charge in [0.2, 0.25) is 0 Å². The molecule has 2 aromatic rings. The summed E-state index contributed by atoms with van der Waals surface area (Å²) in [7, 11) is 1.32. The zero-order valence-electron chi connectivity index (χ0n) is 5.51. The van der Waals surface area contributed by atoms with Crippen molar-refractivity contribution in [2.45, 2.75) is 5.03 Å². The highest BCUT2D eigenvalue weighted by molar-refractivity contribution is 8.68. The highest BCUT2D eigenvalue weighted by Crippen LogP contribution is 2.19. The van der Waals surface area contributed by atoms with Gasteiger partial charge in [-0.2, -0.15) is 5.10 Å². The summed E-state index contributed by atoms with van der Waals surface area (Å²) in [5, 5.41) is 4.92. The molecule has 2 heterocycles. The summed E-state index contributed by atoms with van der Waals surface area (Å²) >= 11 is 4.03. The molecule has 0 saturated heterocycles. The van der Waals surface area contributed by atoms with Crippen molar-refractivity contribution in [2.24, 2.45) is 0 Å². The van der Waals surface area contributed by atoms with Crippen LogP contribution in [0.15, 0.2) is 29.6 Å². The van der Waals surface area contributed by atoms with Gasteiger partial charge in [-0.05, 0) is 22.9 Å². The third-order valence-electron chi connectivity index (χ3n) is 1.31. The molecule has 0 unspecified atom stereocenters. The van der Waals surface area contributed by atoms with Crippen LogP contribution in [0.2, 0.25) is 0 Å². The van der Waals surface area contributed by atoms with E-state index in [1.165, 1.54) is 10.8 Å². The fourth-order valence-electron chi connectivity index (χ4n) is 0.853. The van der Waals surface area contributed by atoms with Gasteiger partial charge < -0.3 is 0 Å². The van der Waals surface area contributed by atoms with Crippen molar-refractivity contribution in [2.75, 3.05) is 0 Å². The van der Waals surface area contributed by atoms with E-state index in [1.54, 1.807) is 10.7 Å². The van der Waals surface area contributed by atoms with Gasteiger partial charge in [0.15, 0.2) is 5.65 Å². The Balaban J connectivity index is 2.69. The van der Waals surface area contributed by atoms with Gasteiger partial charge in [0.25, 0.3) is 0 Å². The van der Waals surface area contributed by atoms with Crippen molar-refractivity contribution >= 4 is 28.1 Å². The summed E-state index contributed by atoms with van der Waals surface area (Å²) < 4.78 is 1.72. The van der Waals surface area contributed by atoms with E-state index in [4.69, 9.17) is 0 Å². The lowest BCUT2D eigenvalue weighted by molar-refractivity contribution is 0.932.